The minimum Gasteiger partial charge on any atom is -0.618 e. The number of aromatic nitrogens is 7. The normalized spacial score (nSPS) is 14.1. The number of hydrogen-bond donors (Lipinski definition) is 1. The summed E-state index contributed by atoms with van der Waals surface area (Å²) in [5.74, 6) is -0.303. The van der Waals surface area contributed by atoms with Crippen LogP contribution in [-0.2, 0) is 0 Å². The summed E-state index contributed by atoms with van der Waals surface area (Å²) < 4.78 is 29.6. The molecular weight excluding hydrogens is 512 g/mol. The standard InChI is InChI=1S/C30H25F2N7O/c1-19-2-12-28(38-18-34-36-37-38)25(14-19)22-7-13-29(39(40)17-22)26(15-20-3-8-23(31)9-4-20)30-33-16-27(35-30)21-5-10-24(32)11-6-21/h2-3,5-8,10-14,16-18,26H,4,9,15H2,1H3,(H,33,35). The Bertz CT molecular complexity index is 1720. The van der Waals surface area contributed by atoms with Crippen molar-refractivity contribution in [1.82, 2.24) is 30.2 Å². The van der Waals surface area contributed by atoms with Crippen LogP contribution in [0.1, 0.15) is 42.3 Å². The first-order valence-electron chi connectivity index (χ1n) is 12.9. The molecule has 1 N–H and O–H groups in total. The largest absolute Gasteiger partial charge is 0.618 e. The molecule has 1 atom stereocenters. The molecule has 0 saturated heterocycles. The van der Waals surface area contributed by atoms with Crippen molar-refractivity contribution in [2.24, 2.45) is 0 Å². The lowest BCUT2D eigenvalue weighted by Gasteiger charge is -2.19. The van der Waals surface area contributed by atoms with Crippen LogP contribution >= 0.6 is 0 Å². The highest BCUT2D eigenvalue weighted by molar-refractivity contribution is 5.72. The van der Waals surface area contributed by atoms with E-state index < -0.39 is 5.92 Å². The van der Waals surface area contributed by atoms with Gasteiger partial charge in [0.05, 0.1) is 17.6 Å². The third-order valence-electron chi connectivity index (χ3n) is 7.09. The van der Waals surface area contributed by atoms with Gasteiger partial charge >= 0.3 is 0 Å². The van der Waals surface area contributed by atoms with Crippen LogP contribution in [0.2, 0.25) is 0 Å². The third-order valence-corrected chi connectivity index (χ3v) is 7.09. The van der Waals surface area contributed by atoms with Gasteiger partial charge in [0.15, 0.2) is 6.20 Å². The van der Waals surface area contributed by atoms with Gasteiger partial charge in [0, 0.05) is 23.6 Å². The maximum absolute atomic E-state index is 13.7. The van der Waals surface area contributed by atoms with Crippen LogP contribution in [0.15, 0.2) is 96.9 Å². The van der Waals surface area contributed by atoms with Gasteiger partial charge in [-0.15, -0.1) is 5.10 Å². The number of allylic oxidation sites excluding steroid dienone is 4. The predicted molar refractivity (Wildman–Crippen MR) is 145 cm³/mol. The second-order valence-electron chi connectivity index (χ2n) is 9.83. The fraction of sp³-hybridized carbons (Fsp3) is 0.167. The van der Waals surface area contributed by atoms with Crippen LogP contribution in [0.5, 0.6) is 0 Å². The Morgan fingerprint density at radius 1 is 1.02 bits per heavy atom. The van der Waals surface area contributed by atoms with Gasteiger partial charge in [-0.05, 0) is 84.3 Å². The zero-order valence-electron chi connectivity index (χ0n) is 21.6. The molecule has 0 spiro atoms. The van der Waals surface area contributed by atoms with Gasteiger partial charge in [-0.2, -0.15) is 9.41 Å². The highest BCUT2D eigenvalue weighted by Crippen LogP contribution is 2.34. The molecule has 0 aliphatic heterocycles. The van der Waals surface area contributed by atoms with Crippen LogP contribution in [0, 0.1) is 17.9 Å². The lowest BCUT2D eigenvalue weighted by Crippen LogP contribution is -2.34. The molecule has 1 unspecified atom stereocenters. The number of H-pyrrole nitrogens is 1. The minimum atomic E-state index is -0.418. The van der Waals surface area contributed by atoms with Crippen LogP contribution in [0.25, 0.3) is 28.1 Å². The zero-order chi connectivity index (χ0) is 27.6. The summed E-state index contributed by atoms with van der Waals surface area (Å²) in [5, 5.41) is 25.1. The fourth-order valence-electron chi connectivity index (χ4n) is 4.99. The van der Waals surface area contributed by atoms with E-state index in [2.05, 4.69) is 25.5 Å². The number of pyridine rings is 1. The van der Waals surface area contributed by atoms with Crippen LogP contribution in [0.3, 0.4) is 0 Å². The number of imidazole rings is 1. The first-order valence-corrected chi connectivity index (χ1v) is 12.9. The summed E-state index contributed by atoms with van der Waals surface area (Å²) >= 11 is 0. The number of aryl methyl sites for hydroxylation is 1. The molecule has 0 amide bonds. The number of aromatic amines is 1. The van der Waals surface area contributed by atoms with Crippen molar-refractivity contribution in [2.45, 2.75) is 32.1 Å². The Labute approximate surface area is 228 Å². The topological polar surface area (TPSA) is 99.2 Å². The van der Waals surface area contributed by atoms with E-state index in [1.54, 1.807) is 41.4 Å². The number of nitrogens with zero attached hydrogens (tertiary/aromatic N) is 6. The van der Waals surface area contributed by atoms with Crippen molar-refractivity contribution >= 4 is 0 Å². The smallest absolute Gasteiger partial charge is 0.203 e. The highest BCUT2D eigenvalue weighted by atomic mass is 19.1. The number of hydrogen-bond acceptors (Lipinski definition) is 5. The van der Waals surface area contributed by atoms with Crippen molar-refractivity contribution < 1.29 is 13.5 Å². The lowest BCUT2D eigenvalue weighted by molar-refractivity contribution is -0.614. The molecule has 5 aromatic rings. The first-order chi connectivity index (χ1) is 19.4. The monoisotopic (exact) mass is 537 g/mol. The second kappa shape index (κ2) is 10.6. The van der Waals surface area contributed by atoms with Crippen LogP contribution < -0.4 is 4.73 Å². The van der Waals surface area contributed by atoms with Crippen LogP contribution in [0.4, 0.5) is 8.78 Å². The molecule has 1 aliphatic carbocycles. The molecule has 2 aromatic carbocycles. The van der Waals surface area contributed by atoms with E-state index >= 15 is 0 Å². The maximum Gasteiger partial charge on any atom is 0.203 e. The Kier molecular flexibility index (Phi) is 6.73. The Hall–Kier alpha value is -4.99. The Morgan fingerprint density at radius 2 is 1.85 bits per heavy atom. The number of tetrazole rings is 1. The summed E-state index contributed by atoms with van der Waals surface area (Å²) in [4.78, 5) is 7.94. The van der Waals surface area contributed by atoms with E-state index in [1.807, 2.05) is 31.2 Å². The SMILES string of the molecule is Cc1ccc(-n2cnnn2)c(-c2ccc(C(CC3=CC=C(F)CC3)c3ncc(-c4ccc(F)cc4)[nH]3)[n+]([O-])c2)c1. The summed E-state index contributed by atoms with van der Waals surface area (Å²) in [6.07, 6.45) is 9.39. The van der Waals surface area contributed by atoms with Gasteiger partial charge in [0.2, 0.25) is 5.69 Å². The van der Waals surface area contributed by atoms with Crippen molar-refractivity contribution in [3.05, 3.63) is 125 Å². The molecule has 3 aromatic heterocycles. The van der Waals surface area contributed by atoms with E-state index in [0.717, 1.165) is 32.7 Å². The van der Waals surface area contributed by atoms with Crippen molar-refractivity contribution in [1.29, 1.82) is 0 Å². The highest BCUT2D eigenvalue weighted by Gasteiger charge is 2.28. The lowest BCUT2D eigenvalue weighted by atomic mass is 9.90. The van der Waals surface area contributed by atoms with E-state index in [0.29, 0.717) is 42.0 Å². The van der Waals surface area contributed by atoms with Gasteiger partial charge in [-0.25, -0.2) is 13.8 Å². The summed E-state index contributed by atoms with van der Waals surface area (Å²) in [7, 11) is 0. The van der Waals surface area contributed by atoms with E-state index in [1.165, 1.54) is 24.5 Å². The maximum atomic E-state index is 13.7. The second-order valence-corrected chi connectivity index (χ2v) is 9.83. The summed E-state index contributed by atoms with van der Waals surface area (Å²) in [6.45, 7) is 1.98. The predicted octanol–water partition coefficient (Wildman–Crippen LogP) is 5.90. The summed E-state index contributed by atoms with van der Waals surface area (Å²) in [5.41, 5.74) is 6.30. The molecule has 0 fully saturated rings. The van der Waals surface area contributed by atoms with Gasteiger partial charge in [-0.3, -0.25) is 0 Å². The molecule has 0 saturated carbocycles. The minimum absolute atomic E-state index is 0.156. The number of benzene rings is 2. The third kappa shape index (κ3) is 5.15. The molecule has 10 heteroatoms. The molecule has 8 nitrogen and oxygen atoms in total. The van der Waals surface area contributed by atoms with E-state index in [-0.39, 0.29) is 11.6 Å². The molecule has 0 bridgehead atoms. The van der Waals surface area contributed by atoms with E-state index in [4.69, 9.17) is 0 Å². The van der Waals surface area contributed by atoms with Crippen molar-refractivity contribution in [3.8, 4) is 28.1 Å². The number of nitrogens with one attached hydrogen (secondary N) is 1. The van der Waals surface area contributed by atoms with Gasteiger partial charge in [-0.1, -0.05) is 23.3 Å². The molecule has 6 rings (SSSR count). The molecule has 40 heavy (non-hydrogen) atoms. The summed E-state index contributed by atoms with van der Waals surface area (Å²) in [6, 6.07) is 15.7. The molecule has 200 valence electrons. The van der Waals surface area contributed by atoms with Gasteiger partial charge in [0.1, 0.15) is 29.7 Å². The quantitative estimate of drug-likeness (QED) is 0.206. The molecule has 0 radical (unpaired) electrons. The fourth-order valence-corrected chi connectivity index (χ4v) is 4.99. The Morgan fingerprint density at radius 3 is 2.58 bits per heavy atom. The number of rotatable bonds is 7. The zero-order valence-corrected chi connectivity index (χ0v) is 21.6. The molecule has 1 aliphatic rings. The van der Waals surface area contributed by atoms with Gasteiger partial charge < -0.3 is 10.2 Å². The van der Waals surface area contributed by atoms with Crippen LogP contribution in [-0.4, -0.2) is 30.2 Å². The average Bonchev–Trinajstić information content (AvgIpc) is 3.67. The van der Waals surface area contributed by atoms with Gasteiger partial charge in [0.25, 0.3) is 0 Å². The van der Waals surface area contributed by atoms with E-state index in [9.17, 15) is 14.0 Å². The average molecular weight is 538 g/mol. The van der Waals surface area contributed by atoms with Crippen molar-refractivity contribution in [2.75, 3.05) is 0 Å². The molecular formula is C30H25F2N7O. The number of halogens is 2. The first kappa shape index (κ1) is 25.3. The van der Waals surface area contributed by atoms with Crippen molar-refractivity contribution in [3.63, 3.8) is 0 Å². The Balaban J connectivity index is 1.40. The molecule has 3 heterocycles.